The molecule has 0 radical (unpaired) electrons. The molecule has 86 valence electrons. The number of tetrazole rings is 1. The molecule has 0 aliphatic rings. The third-order valence-electron chi connectivity index (χ3n) is 2.29. The zero-order chi connectivity index (χ0) is 12.3. The molecule has 0 fully saturated rings. The van der Waals surface area contributed by atoms with Crippen molar-refractivity contribution in [3.63, 3.8) is 0 Å². The third-order valence-corrected chi connectivity index (χ3v) is 3.07. The Morgan fingerprint density at radius 3 is 2.94 bits per heavy atom. The lowest BCUT2D eigenvalue weighted by atomic mass is 10.1. The summed E-state index contributed by atoms with van der Waals surface area (Å²) in [6.07, 6.45) is 0. The Balaban J connectivity index is 2.40. The van der Waals surface area contributed by atoms with Gasteiger partial charge >= 0.3 is 0 Å². The summed E-state index contributed by atoms with van der Waals surface area (Å²) in [5.74, 6) is 0.339. The van der Waals surface area contributed by atoms with Crippen LogP contribution >= 0.6 is 11.8 Å². The largest absolute Gasteiger partial charge is 0.215 e. The molecule has 1 heterocycles. The highest BCUT2D eigenvalue weighted by atomic mass is 32.2. The van der Waals surface area contributed by atoms with E-state index in [1.54, 1.807) is 4.68 Å². The Labute approximate surface area is 103 Å². The lowest BCUT2D eigenvalue weighted by molar-refractivity contribution is 0.752. The van der Waals surface area contributed by atoms with Crippen molar-refractivity contribution in [2.24, 2.45) is 0 Å². The normalized spacial score (nSPS) is 10.2. The average molecular weight is 245 g/mol. The minimum Gasteiger partial charge on any atom is -0.197 e. The van der Waals surface area contributed by atoms with Crippen molar-refractivity contribution in [3.05, 3.63) is 29.3 Å². The van der Waals surface area contributed by atoms with Crippen molar-refractivity contribution < 1.29 is 0 Å². The molecule has 1 aromatic heterocycles. The quantitative estimate of drug-likeness (QED) is 0.772. The summed E-state index contributed by atoms with van der Waals surface area (Å²) in [5.41, 5.74) is 3.25. The monoisotopic (exact) mass is 245 g/mol. The number of rotatable bonds is 3. The number of hydrogen-bond acceptors (Lipinski definition) is 5. The van der Waals surface area contributed by atoms with Crippen LogP contribution in [0.4, 0.5) is 0 Å². The van der Waals surface area contributed by atoms with Crippen LogP contribution in [-0.4, -0.2) is 26.0 Å². The molecule has 0 unspecified atom stereocenters. The number of benzene rings is 1. The molecule has 0 spiro atoms. The van der Waals surface area contributed by atoms with E-state index in [9.17, 15) is 0 Å². The molecule has 2 aromatic rings. The van der Waals surface area contributed by atoms with Crippen molar-refractivity contribution in [1.82, 2.24) is 20.2 Å². The molecule has 0 saturated carbocycles. The Morgan fingerprint density at radius 2 is 2.24 bits per heavy atom. The van der Waals surface area contributed by atoms with Gasteiger partial charge in [-0.3, -0.25) is 0 Å². The SMILES string of the molecule is Cc1ccc(-n2nnnc2SCC#N)c(C)c1. The van der Waals surface area contributed by atoms with Gasteiger partial charge in [-0.25, -0.2) is 0 Å². The van der Waals surface area contributed by atoms with Gasteiger partial charge in [0.1, 0.15) is 0 Å². The van der Waals surface area contributed by atoms with Gasteiger partial charge in [0.25, 0.3) is 0 Å². The van der Waals surface area contributed by atoms with Gasteiger partial charge in [0.2, 0.25) is 5.16 Å². The number of aromatic nitrogens is 4. The molecule has 0 atom stereocenters. The average Bonchev–Trinajstić information content (AvgIpc) is 2.74. The van der Waals surface area contributed by atoms with Crippen LogP contribution in [0.5, 0.6) is 0 Å². The van der Waals surface area contributed by atoms with Gasteiger partial charge in [-0.15, -0.1) is 5.10 Å². The zero-order valence-electron chi connectivity index (χ0n) is 9.58. The molecule has 6 heteroatoms. The standard InChI is InChI=1S/C11H11N5S/c1-8-3-4-10(9(2)7-8)16-11(13-14-15-16)17-6-5-12/h3-4,7H,6H2,1-2H3. The summed E-state index contributed by atoms with van der Waals surface area (Å²) in [6, 6.07) is 8.14. The van der Waals surface area contributed by atoms with E-state index in [-0.39, 0.29) is 0 Å². The molecule has 0 saturated heterocycles. The predicted molar refractivity (Wildman–Crippen MR) is 65.0 cm³/mol. The van der Waals surface area contributed by atoms with Gasteiger partial charge in [0.15, 0.2) is 0 Å². The molecule has 0 aliphatic carbocycles. The molecule has 17 heavy (non-hydrogen) atoms. The van der Waals surface area contributed by atoms with Gasteiger partial charge in [-0.2, -0.15) is 9.94 Å². The van der Waals surface area contributed by atoms with Crippen LogP contribution in [0.15, 0.2) is 23.4 Å². The van der Waals surface area contributed by atoms with E-state index >= 15 is 0 Å². The van der Waals surface area contributed by atoms with Gasteiger partial charge in [-0.05, 0) is 35.9 Å². The second kappa shape index (κ2) is 4.97. The molecule has 2 rings (SSSR count). The van der Waals surface area contributed by atoms with Crippen LogP contribution in [0.1, 0.15) is 11.1 Å². The molecule has 0 bridgehead atoms. The van der Waals surface area contributed by atoms with Crippen LogP contribution in [0.3, 0.4) is 0 Å². The van der Waals surface area contributed by atoms with Gasteiger partial charge in [-0.1, -0.05) is 29.5 Å². The number of aryl methyl sites for hydroxylation is 2. The molecular weight excluding hydrogens is 234 g/mol. The van der Waals surface area contributed by atoms with Crippen LogP contribution in [0.2, 0.25) is 0 Å². The fourth-order valence-corrected chi connectivity index (χ4v) is 2.11. The van der Waals surface area contributed by atoms with Crippen LogP contribution in [0, 0.1) is 25.2 Å². The van der Waals surface area contributed by atoms with Crippen LogP contribution in [0.25, 0.3) is 5.69 Å². The van der Waals surface area contributed by atoms with Crippen molar-refractivity contribution in [2.45, 2.75) is 19.0 Å². The maximum absolute atomic E-state index is 8.57. The van der Waals surface area contributed by atoms with E-state index < -0.39 is 0 Å². The summed E-state index contributed by atoms with van der Waals surface area (Å²) in [7, 11) is 0. The number of thioether (sulfide) groups is 1. The highest BCUT2D eigenvalue weighted by molar-refractivity contribution is 7.99. The minimum atomic E-state index is 0.339. The number of hydrogen-bond donors (Lipinski definition) is 0. The molecule has 5 nitrogen and oxygen atoms in total. The van der Waals surface area contributed by atoms with Crippen LogP contribution in [-0.2, 0) is 0 Å². The topological polar surface area (TPSA) is 67.4 Å². The first kappa shape index (κ1) is 11.6. The van der Waals surface area contributed by atoms with Crippen molar-refractivity contribution in [1.29, 1.82) is 5.26 Å². The maximum atomic E-state index is 8.57. The maximum Gasteiger partial charge on any atom is 0.215 e. The summed E-state index contributed by atoms with van der Waals surface area (Å²) in [5, 5.41) is 20.7. The molecule has 0 amide bonds. The van der Waals surface area contributed by atoms with E-state index in [1.165, 1.54) is 17.3 Å². The summed E-state index contributed by atoms with van der Waals surface area (Å²) in [6.45, 7) is 4.06. The summed E-state index contributed by atoms with van der Waals surface area (Å²) in [4.78, 5) is 0. The Kier molecular flexibility index (Phi) is 3.40. The van der Waals surface area contributed by atoms with Crippen molar-refractivity contribution in [2.75, 3.05) is 5.75 Å². The number of nitriles is 1. The third kappa shape index (κ3) is 2.45. The van der Waals surface area contributed by atoms with Gasteiger partial charge in [0.05, 0.1) is 17.5 Å². The van der Waals surface area contributed by atoms with E-state index in [0.717, 1.165) is 11.3 Å². The van der Waals surface area contributed by atoms with E-state index in [0.29, 0.717) is 10.9 Å². The zero-order valence-corrected chi connectivity index (χ0v) is 10.4. The van der Waals surface area contributed by atoms with E-state index in [4.69, 9.17) is 5.26 Å². The highest BCUT2D eigenvalue weighted by Crippen LogP contribution is 2.20. The second-order valence-corrected chi connectivity index (χ2v) is 4.55. The van der Waals surface area contributed by atoms with Crippen molar-refractivity contribution >= 4 is 11.8 Å². The molecular formula is C11H11N5S. The summed E-state index contributed by atoms with van der Waals surface area (Å²) < 4.78 is 1.66. The first-order valence-electron chi connectivity index (χ1n) is 5.08. The van der Waals surface area contributed by atoms with Crippen molar-refractivity contribution in [3.8, 4) is 11.8 Å². The number of nitrogens with zero attached hydrogens (tertiary/aromatic N) is 5. The van der Waals surface area contributed by atoms with Crippen LogP contribution < -0.4 is 0 Å². The fourth-order valence-electron chi connectivity index (χ4n) is 1.56. The first-order chi connectivity index (χ1) is 8.22. The Hall–Kier alpha value is -1.87. The van der Waals surface area contributed by atoms with E-state index in [2.05, 4.69) is 27.7 Å². The lowest BCUT2D eigenvalue weighted by Gasteiger charge is -2.07. The minimum absolute atomic E-state index is 0.339. The Morgan fingerprint density at radius 1 is 1.41 bits per heavy atom. The molecule has 1 aromatic carbocycles. The second-order valence-electron chi connectivity index (χ2n) is 3.61. The van der Waals surface area contributed by atoms with Gasteiger partial charge < -0.3 is 0 Å². The highest BCUT2D eigenvalue weighted by Gasteiger charge is 2.10. The molecule has 0 N–H and O–H groups in total. The fraction of sp³-hybridized carbons (Fsp3) is 0.273. The van der Waals surface area contributed by atoms with E-state index in [1.807, 2.05) is 26.0 Å². The molecule has 0 aliphatic heterocycles. The summed E-state index contributed by atoms with van der Waals surface area (Å²) >= 11 is 1.33. The lowest BCUT2D eigenvalue weighted by Crippen LogP contribution is -2.01. The van der Waals surface area contributed by atoms with Gasteiger partial charge in [0, 0.05) is 0 Å². The first-order valence-corrected chi connectivity index (χ1v) is 6.06. The Bertz CT molecular complexity index is 569. The smallest absolute Gasteiger partial charge is 0.197 e. The predicted octanol–water partition coefficient (Wildman–Crippen LogP) is 1.89.